The van der Waals surface area contributed by atoms with Crippen molar-refractivity contribution in [3.05, 3.63) is 17.5 Å². The molecule has 18 heavy (non-hydrogen) atoms. The summed E-state index contributed by atoms with van der Waals surface area (Å²) in [4.78, 5) is 0. The highest BCUT2D eigenvalue weighted by molar-refractivity contribution is 5.14. The summed E-state index contributed by atoms with van der Waals surface area (Å²) in [6.07, 6.45) is 7.98. The van der Waals surface area contributed by atoms with Gasteiger partial charge in [0.25, 0.3) is 0 Å². The molecule has 1 unspecified atom stereocenters. The van der Waals surface area contributed by atoms with Gasteiger partial charge >= 0.3 is 0 Å². The van der Waals surface area contributed by atoms with E-state index in [-0.39, 0.29) is 6.04 Å². The number of aryl methyl sites for hydroxylation is 2. The van der Waals surface area contributed by atoms with E-state index in [1.54, 1.807) is 0 Å². The summed E-state index contributed by atoms with van der Waals surface area (Å²) < 4.78 is 2.09. The quantitative estimate of drug-likeness (QED) is 0.491. The van der Waals surface area contributed by atoms with Crippen molar-refractivity contribution in [2.45, 2.75) is 65.0 Å². The fraction of sp³-hybridized carbons (Fsp3) is 0.786. The van der Waals surface area contributed by atoms with Crippen molar-refractivity contribution < 1.29 is 0 Å². The van der Waals surface area contributed by atoms with Crippen LogP contribution in [-0.2, 0) is 6.54 Å². The Morgan fingerprint density at radius 1 is 1.39 bits per heavy atom. The molecule has 1 atom stereocenters. The lowest BCUT2D eigenvalue weighted by Gasteiger charge is -2.26. The maximum atomic E-state index is 5.83. The third-order valence-corrected chi connectivity index (χ3v) is 4.10. The van der Waals surface area contributed by atoms with Crippen LogP contribution in [0.2, 0.25) is 0 Å². The Morgan fingerprint density at radius 3 is 2.61 bits per heavy atom. The minimum absolute atomic E-state index is 0.254. The smallest absolute Gasteiger partial charge is 0.0657 e. The topological polar surface area (TPSA) is 55.9 Å². The second kappa shape index (κ2) is 6.34. The molecule has 3 N–H and O–H groups in total. The number of aromatic nitrogens is 2. The summed E-state index contributed by atoms with van der Waals surface area (Å²) in [6.45, 7) is 5.10. The molecular formula is C14H26N4. The third-order valence-electron chi connectivity index (χ3n) is 4.10. The summed E-state index contributed by atoms with van der Waals surface area (Å²) in [6, 6.07) is 2.43. The maximum Gasteiger partial charge on any atom is 0.0657 e. The van der Waals surface area contributed by atoms with E-state index in [2.05, 4.69) is 35.1 Å². The van der Waals surface area contributed by atoms with Gasteiger partial charge in [-0.15, -0.1) is 0 Å². The van der Waals surface area contributed by atoms with Gasteiger partial charge in [-0.1, -0.05) is 25.7 Å². The first-order chi connectivity index (χ1) is 8.76. The molecule has 102 valence electrons. The Hall–Kier alpha value is -0.870. The molecule has 1 aromatic heterocycles. The average Bonchev–Trinajstić information content (AvgIpc) is 2.58. The first kappa shape index (κ1) is 13.6. The van der Waals surface area contributed by atoms with Crippen LogP contribution in [0.3, 0.4) is 0 Å². The first-order valence-electron chi connectivity index (χ1n) is 7.26. The number of hydrogen-bond donors (Lipinski definition) is 2. The van der Waals surface area contributed by atoms with E-state index < -0.39 is 0 Å². The van der Waals surface area contributed by atoms with Crippen LogP contribution < -0.4 is 11.3 Å². The van der Waals surface area contributed by atoms with Crippen molar-refractivity contribution in [3.8, 4) is 0 Å². The predicted molar refractivity (Wildman–Crippen MR) is 73.9 cm³/mol. The van der Waals surface area contributed by atoms with Crippen LogP contribution in [0.1, 0.15) is 62.9 Å². The first-order valence-corrected chi connectivity index (χ1v) is 7.26. The fourth-order valence-electron chi connectivity index (χ4n) is 3.18. The van der Waals surface area contributed by atoms with E-state index >= 15 is 0 Å². The molecule has 0 radical (unpaired) electrons. The largest absolute Gasteiger partial charge is 0.271 e. The van der Waals surface area contributed by atoms with Crippen LogP contribution in [0.25, 0.3) is 0 Å². The van der Waals surface area contributed by atoms with E-state index in [0.29, 0.717) is 5.92 Å². The molecule has 0 amide bonds. The van der Waals surface area contributed by atoms with Gasteiger partial charge in [0.05, 0.1) is 17.4 Å². The number of hydrogen-bond acceptors (Lipinski definition) is 3. The highest BCUT2D eigenvalue weighted by Crippen LogP contribution is 2.33. The van der Waals surface area contributed by atoms with Crippen LogP contribution in [0.5, 0.6) is 0 Å². The third kappa shape index (κ3) is 2.93. The SMILES string of the molecule is CCn1nc(C)cc1C(NN)C1CCCCCC1. The van der Waals surface area contributed by atoms with Gasteiger partial charge in [-0.25, -0.2) is 0 Å². The molecule has 0 spiro atoms. The summed E-state index contributed by atoms with van der Waals surface area (Å²) in [7, 11) is 0. The molecule has 0 bridgehead atoms. The van der Waals surface area contributed by atoms with E-state index in [4.69, 9.17) is 5.84 Å². The zero-order valence-corrected chi connectivity index (χ0v) is 11.7. The highest BCUT2D eigenvalue weighted by Gasteiger charge is 2.26. The van der Waals surface area contributed by atoms with E-state index in [1.807, 2.05) is 0 Å². The van der Waals surface area contributed by atoms with Gasteiger partial charge in [0.15, 0.2) is 0 Å². The van der Waals surface area contributed by atoms with Crippen LogP contribution in [0.4, 0.5) is 0 Å². The van der Waals surface area contributed by atoms with Crippen molar-refractivity contribution >= 4 is 0 Å². The van der Waals surface area contributed by atoms with Gasteiger partial charge in [0, 0.05) is 6.54 Å². The van der Waals surface area contributed by atoms with Crippen LogP contribution in [-0.4, -0.2) is 9.78 Å². The lowest BCUT2D eigenvalue weighted by molar-refractivity contribution is 0.312. The van der Waals surface area contributed by atoms with E-state index in [0.717, 1.165) is 12.2 Å². The average molecular weight is 250 g/mol. The molecule has 0 aromatic carbocycles. The Bertz CT molecular complexity index is 364. The van der Waals surface area contributed by atoms with Gasteiger partial charge in [0.2, 0.25) is 0 Å². The molecule has 1 fully saturated rings. The zero-order valence-electron chi connectivity index (χ0n) is 11.7. The molecule has 1 heterocycles. The minimum atomic E-state index is 0.254. The Balaban J connectivity index is 2.20. The normalized spacial score (nSPS) is 19.7. The Morgan fingerprint density at radius 2 is 2.06 bits per heavy atom. The van der Waals surface area contributed by atoms with Crippen molar-refractivity contribution in [2.75, 3.05) is 0 Å². The molecule has 4 nitrogen and oxygen atoms in total. The molecule has 1 saturated carbocycles. The van der Waals surface area contributed by atoms with Gasteiger partial charge in [-0.05, 0) is 38.7 Å². The van der Waals surface area contributed by atoms with Gasteiger partial charge in [0.1, 0.15) is 0 Å². The van der Waals surface area contributed by atoms with Gasteiger partial charge < -0.3 is 0 Å². The number of nitrogens with two attached hydrogens (primary N) is 1. The molecule has 1 aliphatic carbocycles. The standard InChI is InChI=1S/C14H26N4/c1-3-18-13(10-11(2)17-18)14(16-15)12-8-6-4-5-7-9-12/h10,12,14,16H,3-9,15H2,1-2H3. The molecule has 0 saturated heterocycles. The lowest BCUT2D eigenvalue weighted by atomic mass is 9.90. The molecule has 0 aliphatic heterocycles. The molecular weight excluding hydrogens is 224 g/mol. The Labute approximate surface area is 110 Å². The minimum Gasteiger partial charge on any atom is -0.271 e. The van der Waals surface area contributed by atoms with Gasteiger partial charge in [-0.2, -0.15) is 5.10 Å². The van der Waals surface area contributed by atoms with Crippen LogP contribution in [0, 0.1) is 12.8 Å². The predicted octanol–water partition coefficient (Wildman–Crippen LogP) is 2.69. The number of nitrogens with one attached hydrogen (secondary N) is 1. The summed E-state index contributed by atoms with van der Waals surface area (Å²) in [5.74, 6) is 6.48. The summed E-state index contributed by atoms with van der Waals surface area (Å²) in [5.41, 5.74) is 5.38. The Kier molecular flexibility index (Phi) is 4.78. The van der Waals surface area contributed by atoms with Crippen molar-refractivity contribution in [1.29, 1.82) is 0 Å². The highest BCUT2D eigenvalue weighted by atomic mass is 15.3. The summed E-state index contributed by atoms with van der Waals surface area (Å²) in [5, 5.41) is 4.54. The van der Waals surface area contributed by atoms with E-state index in [1.165, 1.54) is 44.2 Å². The maximum absolute atomic E-state index is 5.83. The van der Waals surface area contributed by atoms with Crippen LogP contribution >= 0.6 is 0 Å². The molecule has 4 heteroatoms. The van der Waals surface area contributed by atoms with Crippen molar-refractivity contribution in [2.24, 2.45) is 11.8 Å². The molecule has 2 rings (SSSR count). The lowest BCUT2D eigenvalue weighted by Crippen LogP contribution is -2.35. The number of hydrazine groups is 1. The van der Waals surface area contributed by atoms with Gasteiger partial charge in [-0.3, -0.25) is 16.0 Å². The fourth-order valence-corrected chi connectivity index (χ4v) is 3.18. The molecule has 1 aromatic rings. The van der Waals surface area contributed by atoms with E-state index in [9.17, 15) is 0 Å². The second-order valence-corrected chi connectivity index (χ2v) is 5.42. The second-order valence-electron chi connectivity index (χ2n) is 5.42. The number of rotatable bonds is 4. The monoisotopic (exact) mass is 250 g/mol. The zero-order chi connectivity index (χ0) is 13.0. The summed E-state index contributed by atoms with van der Waals surface area (Å²) >= 11 is 0. The number of nitrogens with zero attached hydrogens (tertiary/aromatic N) is 2. The molecule has 1 aliphatic rings. The van der Waals surface area contributed by atoms with Crippen molar-refractivity contribution in [1.82, 2.24) is 15.2 Å². The van der Waals surface area contributed by atoms with Crippen LogP contribution in [0.15, 0.2) is 6.07 Å². The van der Waals surface area contributed by atoms with Crippen molar-refractivity contribution in [3.63, 3.8) is 0 Å².